The van der Waals surface area contributed by atoms with Crippen LogP contribution in [0.5, 0.6) is 0 Å². The van der Waals surface area contributed by atoms with E-state index in [0.29, 0.717) is 13.1 Å². The quantitative estimate of drug-likeness (QED) is 0.646. The first kappa shape index (κ1) is 16.1. The van der Waals surface area contributed by atoms with Crippen LogP contribution in [0.1, 0.15) is 17.0 Å². The second-order valence-electron chi connectivity index (χ2n) is 6.25. The number of halogens is 4. The number of hydrogen-bond acceptors (Lipinski definition) is 2. The summed E-state index contributed by atoms with van der Waals surface area (Å²) < 4.78 is 53.3. The molecule has 0 amide bonds. The van der Waals surface area contributed by atoms with Crippen LogP contribution in [0.15, 0.2) is 42.6 Å². The van der Waals surface area contributed by atoms with Crippen molar-refractivity contribution in [2.45, 2.75) is 25.8 Å². The molecule has 0 radical (unpaired) electrons. The summed E-state index contributed by atoms with van der Waals surface area (Å²) in [4.78, 5) is 5.65. The third kappa shape index (κ3) is 3.11. The van der Waals surface area contributed by atoms with Crippen molar-refractivity contribution in [3.8, 4) is 0 Å². The largest absolute Gasteiger partial charge is 0.433 e. The Hall–Kier alpha value is -2.41. The van der Waals surface area contributed by atoms with Gasteiger partial charge >= 0.3 is 6.18 Å². The Morgan fingerprint density at radius 1 is 1.04 bits per heavy atom. The van der Waals surface area contributed by atoms with Gasteiger partial charge in [-0.15, -0.1) is 0 Å². The van der Waals surface area contributed by atoms with Gasteiger partial charge in [-0.25, -0.2) is 4.39 Å². The predicted molar refractivity (Wildman–Crippen MR) is 85.2 cm³/mol. The molecule has 0 unspecified atom stereocenters. The van der Waals surface area contributed by atoms with Crippen LogP contribution in [0.3, 0.4) is 0 Å². The topological polar surface area (TPSA) is 21.1 Å². The van der Waals surface area contributed by atoms with Crippen LogP contribution >= 0.6 is 0 Å². The first-order valence-electron chi connectivity index (χ1n) is 7.92. The molecule has 4 rings (SSSR count). The Kier molecular flexibility index (Phi) is 3.76. The number of fused-ring (bicyclic) bond motifs is 3. The van der Waals surface area contributed by atoms with Gasteiger partial charge in [0.05, 0.1) is 0 Å². The Bertz CT molecular complexity index is 912. The third-order valence-electron chi connectivity index (χ3n) is 4.50. The van der Waals surface area contributed by atoms with E-state index in [2.05, 4.69) is 14.5 Å². The van der Waals surface area contributed by atoms with E-state index in [1.54, 1.807) is 6.07 Å². The van der Waals surface area contributed by atoms with Crippen LogP contribution < -0.4 is 0 Å². The van der Waals surface area contributed by atoms with Gasteiger partial charge in [0.15, 0.2) is 0 Å². The lowest BCUT2D eigenvalue weighted by molar-refractivity contribution is -0.141. The summed E-state index contributed by atoms with van der Waals surface area (Å²) in [6, 6.07) is 9.20. The SMILES string of the molecule is Fc1ccc2c(c1)cc1n2CCN(Cc2ccc(C(F)(F)F)nc2)C1. The molecule has 1 aromatic carbocycles. The molecule has 0 saturated carbocycles. The van der Waals surface area contributed by atoms with Crippen molar-refractivity contribution in [3.63, 3.8) is 0 Å². The van der Waals surface area contributed by atoms with E-state index in [1.807, 2.05) is 6.07 Å². The molecule has 0 spiro atoms. The lowest BCUT2D eigenvalue weighted by Gasteiger charge is -2.28. The predicted octanol–water partition coefficient (Wildman–Crippen LogP) is 4.21. The number of alkyl halides is 3. The zero-order valence-electron chi connectivity index (χ0n) is 13.2. The maximum atomic E-state index is 13.4. The standard InChI is InChI=1S/C18H15F4N3/c19-14-2-3-16-13(7-14)8-15-11-24(5-6-25(15)16)10-12-1-4-17(23-9-12)18(20,21)22/h1-4,7-9H,5-6,10-11H2. The van der Waals surface area contributed by atoms with E-state index in [0.717, 1.165) is 41.3 Å². The van der Waals surface area contributed by atoms with Gasteiger partial charge in [0, 0.05) is 49.0 Å². The van der Waals surface area contributed by atoms with Crippen molar-refractivity contribution in [3.05, 3.63) is 65.4 Å². The summed E-state index contributed by atoms with van der Waals surface area (Å²) in [5.74, 6) is -0.261. The lowest BCUT2D eigenvalue weighted by atomic mass is 10.2. The fraction of sp³-hybridized carbons (Fsp3) is 0.278. The van der Waals surface area contributed by atoms with Gasteiger partial charge in [0.2, 0.25) is 0 Å². The fourth-order valence-electron chi connectivity index (χ4n) is 3.32. The highest BCUT2D eigenvalue weighted by molar-refractivity contribution is 5.81. The number of nitrogens with zero attached hydrogens (tertiary/aromatic N) is 3. The van der Waals surface area contributed by atoms with Crippen molar-refractivity contribution in [2.75, 3.05) is 6.54 Å². The molecule has 3 aromatic rings. The number of benzene rings is 1. The summed E-state index contributed by atoms with van der Waals surface area (Å²) in [6.45, 7) is 2.73. The smallest absolute Gasteiger partial charge is 0.342 e. The molecule has 130 valence electrons. The Balaban J connectivity index is 1.52. The molecule has 3 nitrogen and oxygen atoms in total. The summed E-state index contributed by atoms with van der Waals surface area (Å²) in [5.41, 5.74) is 1.94. The van der Waals surface area contributed by atoms with Gasteiger partial charge in [-0.05, 0) is 35.9 Å². The molecule has 0 saturated heterocycles. The normalized spacial score (nSPS) is 15.5. The highest BCUT2D eigenvalue weighted by Crippen LogP contribution is 2.28. The van der Waals surface area contributed by atoms with E-state index < -0.39 is 11.9 Å². The maximum absolute atomic E-state index is 13.4. The number of aromatic nitrogens is 2. The van der Waals surface area contributed by atoms with Crippen molar-refractivity contribution < 1.29 is 17.6 Å². The van der Waals surface area contributed by atoms with E-state index in [4.69, 9.17) is 0 Å². The van der Waals surface area contributed by atoms with Crippen molar-refractivity contribution in [1.29, 1.82) is 0 Å². The van der Waals surface area contributed by atoms with Gasteiger partial charge in [-0.3, -0.25) is 9.88 Å². The average molecular weight is 349 g/mol. The molecular weight excluding hydrogens is 334 g/mol. The summed E-state index contributed by atoms with van der Waals surface area (Å²) >= 11 is 0. The second kappa shape index (κ2) is 5.84. The van der Waals surface area contributed by atoms with Gasteiger partial charge in [-0.1, -0.05) is 6.07 Å². The molecule has 1 aliphatic rings. The van der Waals surface area contributed by atoms with Gasteiger partial charge < -0.3 is 4.57 Å². The minimum atomic E-state index is -4.42. The lowest BCUT2D eigenvalue weighted by Crippen LogP contribution is -2.32. The molecule has 0 bridgehead atoms. The average Bonchev–Trinajstić information content (AvgIpc) is 2.91. The van der Waals surface area contributed by atoms with E-state index >= 15 is 0 Å². The molecule has 0 fully saturated rings. The number of pyridine rings is 1. The first-order chi connectivity index (χ1) is 11.9. The Morgan fingerprint density at radius 2 is 1.88 bits per heavy atom. The van der Waals surface area contributed by atoms with Crippen LogP contribution in [0.2, 0.25) is 0 Å². The van der Waals surface area contributed by atoms with Crippen molar-refractivity contribution in [1.82, 2.24) is 14.5 Å². The van der Waals surface area contributed by atoms with Crippen molar-refractivity contribution >= 4 is 10.9 Å². The number of hydrogen-bond donors (Lipinski definition) is 0. The van der Waals surface area contributed by atoms with Crippen LogP contribution in [0.4, 0.5) is 17.6 Å². The molecule has 7 heteroatoms. The molecule has 0 atom stereocenters. The summed E-state index contributed by atoms with van der Waals surface area (Å²) in [5, 5.41) is 0.869. The second-order valence-corrected chi connectivity index (χ2v) is 6.25. The zero-order chi connectivity index (χ0) is 17.6. The molecule has 25 heavy (non-hydrogen) atoms. The summed E-state index contributed by atoms with van der Waals surface area (Å²) in [6.07, 6.45) is -3.14. The highest BCUT2D eigenvalue weighted by Gasteiger charge is 2.32. The monoisotopic (exact) mass is 349 g/mol. The maximum Gasteiger partial charge on any atom is 0.433 e. The minimum absolute atomic E-state index is 0.261. The third-order valence-corrected chi connectivity index (χ3v) is 4.50. The highest BCUT2D eigenvalue weighted by atomic mass is 19.4. The van der Waals surface area contributed by atoms with Crippen LogP contribution in [-0.4, -0.2) is 21.0 Å². The molecule has 0 N–H and O–H groups in total. The first-order valence-corrected chi connectivity index (χ1v) is 7.92. The molecular formula is C18H15F4N3. The number of rotatable bonds is 2. The van der Waals surface area contributed by atoms with Crippen molar-refractivity contribution in [2.24, 2.45) is 0 Å². The minimum Gasteiger partial charge on any atom is -0.342 e. The molecule has 0 aliphatic carbocycles. The van der Waals surface area contributed by atoms with Gasteiger partial charge in [-0.2, -0.15) is 13.2 Å². The van der Waals surface area contributed by atoms with Crippen LogP contribution in [0.25, 0.3) is 10.9 Å². The van der Waals surface area contributed by atoms with Crippen LogP contribution in [0, 0.1) is 5.82 Å². The van der Waals surface area contributed by atoms with E-state index in [-0.39, 0.29) is 5.82 Å². The van der Waals surface area contributed by atoms with E-state index in [9.17, 15) is 17.6 Å². The van der Waals surface area contributed by atoms with E-state index in [1.165, 1.54) is 24.4 Å². The van der Waals surface area contributed by atoms with Crippen LogP contribution in [-0.2, 0) is 25.8 Å². The summed E-state index contributed by atoms with van der Waals surface area (Å²) in [7, 11) is 0. The molecule has 1 aliphatic heterocycles. The fourth-order valence-corrected chi connectivity index (χ4v) is 3.32. The van der Waals surface area contributed by atoms with Gasteiger partial charge in [0.25, 0.3) is 0 Å². The Morgan fingerprint density at radius 3 is 2.60 bits per heavy atom. The van der Waals surface area contributed by atoms with Gasteiger partial charge in [0.1, 0.15) is 11.5 Å². The molecule has 2 aromatic heterocycles. The zero-order valence-corrected chi connectivity index (χ0v) is 13.2. The molecule has 3 heterocycles. The Labute approximate surface area is 141 Å².